The number of ketones is 1. The van der Waals surface area contributed by atoms with Gasteiger partial charge in [-0.15, -0.1) is 5.10 Å². The van der Waals surface area contributed by atoms with Crippen LogP contribution in [0, 0.1) is 0 Å². The van der Waals surface area contributed by atoms with Crippen molar-refractivity contribution in [3.63, 3.8) is 0 Å². The van der Waals surface area contributed by atoms with Crippen LogP contribution in [0.3, 0.4) is 0 Å². The Balaban J connectivity index is 2.39. The molecule has 0 N–H and O–H groups in total. The van der Waals surface area contributed by atoms with Gasteiger partial charge in [0.2, 0.25) is 5.78 Å². The monoisotopic (exact) mass is 236 g/mol. The molecule has 16 heavy (non-hydrogen) atoms. The molecular formula is C10H12N4OS. The number of aromatic nitrogens is 4. The van der Waals surface area contributed by atoms with Crippen LogP contribution >= 0.6 is 11.5 Å². The Kier molecular flexibility index (Phi) is 3.09. The first kappa shape index (κ1) is 10.9. The second-order valence-corrected chi connectivity index (χ2v) is 4.02. The molecule has 0 bridgehead atoms. The summed E-state index contributed by atoms with van der Waals surface area (Å²) in [6.45, 7) is 4.60. The summed E-state index contributed by atoms with van der Waals surface area (Å²) in [5.41, 5.74) is 1.36. The quantitative estimate of drug-likeness (QED) is 0.756. The molecule has 2 rings (SSSR count). The minimum absolute atomic E-state index is 0.0359. The van der Waals surface area contributed by atoms with E-state index in [1.54, 1.807) is 16.9 Å². The molecule has 84 valence electrons. The third kappa shape index (κ3) is 1.76. The number of hydrogen-bond acceptors (Lipinski definition) is 5. The predicted molar refractivity (Wildman–Crippen MR) is 60.6 cm³/mol. The average molecular weight is 236 g/mol. The van der Waals surface area contributed by atoms with Crippen LogP contribution < -0.4 is 0 Å². The van der Waals surface area contributed by atoms with Crippen LogP contribution in [0.5, 0.6) is 0 Å². The van der Waals surface area contributed by atoms with Crippen molar-refractivity contribution >= 4 is 17.3 Å². The second kappa shape index (κ2) is 4.52. The highest BCUT2D eigenvalue weighted by atomic mass is 32.1. The maximum absolute atomic E-state index is 12.2. The summed E-state index contributed by atoms with van der Waals surface area (Å²) in [5.74, 6) is -0.0359. The number of nitrogens with zero attached hydrogens (tertiary/aromatic N) is 4. The Morgan fingerprint density at radius 1 is 1.50 bits per heavy atom. The van der Waals surface area contributed by atoms with Crippen molar-refractivity contribution in [1.29, 1.82) is 0 Å². The van der Waals surface area contributed by atoms with Crippen molar-refractivity contribution < 1.29 is 4.79 Å². The van der Waals surface area contributed by atoms with E-state index in [-0.39, 0.29) is 5.78 Å². The molecule has 0 amide bonds. The van der Waals surface area contributed by atoms with E-state index in [2.05, 4.69) is 14.7 Å². The Hall–Kier alpha value is -1.56. The number of rotatable bonds is 4. The molecule has 0 spiro atoms. The van der Waals surface area contributed by atoms with Crippen LogP contribution in [0.4, 0.5) is 0 Å². The van der Waals surface area contributed by atoms with Gasteiger partial charge in [0.25, 0.3) is 0 Å². The van der Waals surface area contributed by atoms with Crippen molar-refractivity contribution in [2.24, 2.45) is 0 Å². The van der Waals surface area contributed by atoms with Gasteiger partial charge in [0.15, 0.2) is 0 Å². The highest BCUT2D eigenvalue weighted by molar-refractivity contribution is 7.08. The van der Waals surface area contributed by atoms with Crippen LogP contribution in [0.2, 0.25) is 0 Å². The molecule has 0 aromatic carbocycles. The van der Waals surface area contributed by atoms with E-state index >= 15 is 0 Å². The van der Waals surface area contributed by atoms with Crippen LogP contribution in [0.15, 0.2) is 12.3 Å². The minimum atomic E-state index is -0.0359. The molecule has 0 fully saturated rings. The first-order valence-corrected chi connectivity index (χ1v) is 5.93. The fraction of sp³-hybridized carbons (Fsp3) is 0.400. The van der Waals surface area contributed by atoms with E-state index in [1.165, 1.54) is 0 Å². The standard InChI is InChI=1S/C10H12N4OS/c1-3-7-10(16-13-12-7)9(15)8-5-6-11-14(8)4-2/h5-6H,3-4H2,1-2H3. The minimum Gasteiger partial charge on any atom is -0.286 e. The lowest BCUT2D eigenvalue weighted by molar-refractivity contribution is 0.103. The van der Waals surface area contributed by atoms with E-state index in [1.807, 2.05) is 13.8 Å². The molecule has 0 aliphatic carbocycles. The van der Waals surface area contributed by atoms with Gasteiger partial charge in [-0.25, -0.2) is 0 Å². The zero-order valence-electron chi connectivity index (χ0n) is 9.17. The Morgan fingerprint density at radius 2 is 2.31 bits per heavy atom. The van der Waals surface area contributed by atoms with Gasteiger partial charge >= 0.3 is 0 Å². The van der Waals surface area contributed by atoms with Crippen molar-refractivity contribution in [2.45, 2.75) is 26.8 Å². The lowest BCUT2D eigenvalue weighted by Crippen LogP contribution is -2.10. The molecule has 0 radical (unpaired) electrons. The fourth-order valence-corrected chi connectivity index (χ4v) is 2.21. The average Bonchev–Trinajstić information content (AvgIpc) is 2.96. The molecule has 0 saturated heterocycles. The summed E-state index contributed by atoms with van der Waals surface area (Å²) in [4.78, 5) is 12.8. The van der Waals surface area contributed by atoms with Crippen LogP contribution in [0.1, 0.15) is 34.9 Å². The summed E-state index contributed by atoms with van der Waals surface area (Å²) in [5, 5.41) is 8.02. The molecule has 2 aromatic rings. The van der Waals surface area contributed by atoms with E-state index < -0.39 is 0 Å². The van der Waals surface area contributed by atoms with E-state index in [9.17, 15) is 4.79 Å². The molecule has 2 aromatic heterocycles. The second-order valence-electron chi connectivity index (χ2n) is 3.26. The summed E-state index contributed by atoms with van der Waals surface area (Å²) in [7, 11) is 0. The molecule has 6 heteroatoms. The summed E-state index contributed by atoms with van der Waals surface area (Å²) in [6.07, 6.45) is 2.36. The Labute approximate surface area is 97.3 Å². The van der Waals surface area contributed by atoms with E-state index in [4.69, 9.17) is 0 Å². The Morgan fingerprint density at radius 3 is 3.00 bits per heavy atom. The van der Waals surface area contributed by atoms with Gasteiger partial charge in [0.05, 0.1) is 5.69 Å². The van der Waals surface area contributed by atoms with Crippen molar-refractivity contribution in [2.75, 3.05) is 0 Å². The van der Waals surface area contributed by atoms with E-state index in [0.29, 0.717) is 17.1 Å². The molecule has 2 heterocycles. The number of hydrogen-bond donors (Lipinski definition) is 0. The predicted octanol–water partition coefficient (Wildman–Crippen LogP) is 1.55. The maximum atomic E-state index is 12.2. The first-order chi connectivity index (χ1) is 7.77. The highest BCUT2D eigenvalue weighted by Gasteiger charge is 2.19. The summed E-state index contributed by atoms with van der Waals surface area (Å²) in [6, 6.07) is 1.73. The normalized spacial score (nSPS) is 10.6. The van der Waals surface area contributed by atoms with Crippen molar-refractivity contribution in [1.82, 2.24) is 19.4 Å². The molecule has 5 nitrogen and oxygen atoms in total. The van der Waals surface area contributed by atoms with Gasteiger partial charge in [-0.05, 0) is 30.9 Å². The zero-order chi connectivity index (χ0) is 11.5. The summed E-state index contributed by atoms with van der Waals surface area (Å²) >= 11 is 1.15. The molecular weight excluding hydrogens is 224 g/mol. The van der Waals surface area contributed by atoms with Gasteiger partial charge in [0.1, 0.15) is 10.6 Å². The molecule has 0 aliphatic heterocycles. The number of carbonyl (C=O) groups is 1. The molecule has 0 aliphatic rings. The number of carbonyl (C=O) groups excluding carboxylic acids is 1. The third-order valence-electron chi connectivity index (χ3n) is 2.35. The first-order valence-electron chi connectivity index (χ1n) is 5.15. The van der Waals surface area contributed by atoms with E-state index in [0.717, 1.165) is 23.6 Å². The van der Waals surface area contributed by atoms with Gasteiger partial charge < -0.3 is 0 Å². The van der Waals surface area contributed by atoms with Crippen LogP contribution in [-0.4, -0.2) is 25.2 Å². The molecule has 0 saturated carbocycles. The number of aryl methyl sites for hydroxylation is 2. The van der Waals surface area contributed by atoms with Gasteiger partial charge in [-0.2, -0.15) is 5.10 Å². The molecule has 0 unspecified atom stereocenters. The van der Waals surface area contributed by atoms with Crippen LogP contribution in [0.25, 0.3) is 0 Å². The summed E-state index contributed by atoms with van der Waals surface area (Å²) < 4.78 is 5.50. The maximum Gasteiger partial charge on any atom is 0.224 e. The van der Waals surface area contributed by atoms with Crippen molar-refractivity contribution in [3.8, 4) is 0 Å². The van der Waals surface area contributed by atoms with Gasteiger partial charge in [0, 0.05) is 12.7 Å². The largest absolute Gasteiger partial charge is 0.286 e. The Bertz CT molecular complexity index is 458. The highest BCUT2D eigenvalue weighted by Crippen LogP contribution is 2.16. The topological polar surface area (TPSA) is 60.7 Å². The van der Waals surface area contributed by atoms with Gasteiger partial charge in [-0.3, -0.25) is 9.48 Å². The van der Waals surface area contributed by atoms with Crippen LogP contribution in [-0.2, 0) is 13.0 Å². The fourth-order valence-electron chi connectivity index (χ4n) is 1.51. The smallest absolute Gasteiger partial charge is 0.224 e. The van der Waals surface area contributed by atoms with Crippen molar-refractivity contribution in [3.05, 3.63) is 28.5 Å². The lowest BCUT2D eigenvalue weighted by Gasteiger charge is -2.02. The third-order valence-corrected chi connectivity index (χ3v) is 3.11. The molecule has 0 atom stereocenters. The SMILES string of the molecule is CCc1nnsc1C(=O)c1ccnn1CC. The lowest BCUT2D eigenvalue weighted by atomic mass is 10.2. The van der Waals surface area contributed by atoms with Gasteiger partial charge in [-0.1, -0.05) is 11.4 Å². The zero-order valence-corrected chi connectivity index (χ0v) is 9.99.